The van der Waals surface area contributed by atoms with Gasteiger partial charge in [-0.2, -0.15) is 0 Å². The molecule has 1 aromatic heterocycles. The van der Waals surface area contributed by atoms with Crippen LogP contribution in [0.2, 0.25) is 5.02 Å². The number of para-hydroxylation sites is 2. The van der Waals surface area contributed by atoms with Crippen LogP contribution >= 0.6 is 11.6 Å². The van der Waals surface area contributed by atoms with Crippen LogP contribution in [0.3, 0.4) is 0 Å². The number of aryl methyl sites for hydroxylation is 1. The molecule has 0 unspecified atom stereocenters. The number of anilines is 1. The summed E-state index contributed by atoms with van der Waals surface area (Å²) in [5, 5.41) is 7.85. The summed E-state index contributed by atoms with van der Waals surface area (Å²) in [5.74, 6) is 0.239. The lowest BCUT2D eigenvalue weighted by Crippen LogP contribution is -2.15. The van der Waals surface area contributed by atoms with Gasteiger partial charge >= 0.3 is 0 Å². The lowest BCUT2D eigenvalue weighted by molar-refractivity contribution is 0.101. The lowest BCUT2D eigenvalue weighted by atomic mass is 10.2. The van der Waals surface area contributed by atoms with E-state index in [1.165, 1.54) is 0 Å². The highest BCUT2D eigenvalue weighted by Crippen LogP contribution is 2.26. The van der Waals surface area contributed by atoms with Gasteiger partial charge in [-0.1, -0.05) is 72.3 Å². The summed E-state index contributed by atoms with van der Waals surface area (Å²) < 4.78 is 1.60. The van der Waals surface area contributed by atoms with Crippen LogP contribution in [-0.4, -0.2) is 20.7 Å². The Morgan fingerprint density at radius 1 is 0.929 bits per heavy atom. The summed E-state index contributed by atoms with van der Waals surface area (Å²) in [6.07, 6.45) is 0. The first-order valence-corrected chi connectivity index (χ1v) is 9.15. The minimum Gasteiger partial charge on any atom is -0.319 e. The van der Waals surface area contributed by atoms with Gasteiger partial charge in [0.15, 0.2) is 5.82 Å². The van der Waals surface area contributed by atoms with Crippen molar-refractivity contribution in [1.82, 2.24) is 14.8 Å². The van der Waals surface area contributed by atoms with Crippen molar-refractivity contribution < 1.29 is 4.79 Å². The van der Waals surface area contributed by atoms with Gasteiger partial charge in [-0.3, -0.25) is 4.79 Å². The predicted octanol–water partition coefficient (Wildman–Crippen LogP) is 5.15. The van der Waals surface area contributed by atoms with Crippen LogP contribution in [0.25, 0.3) is 17.1 Å². The van der Waals surface area contributed by atoms with Crippen LogP contribution in [0, 0.1) is 6.92 Å². The Labute approximate surface area is 167 Å². The van der Waals surface area contributed by atoms with Gasteiger partial charge in [-0.25, -0.2) is 9.67 Å². The summed E-state index contributed by atoms with van der Waals surface area (Å²) >= 11 is 6.37. The monoisotopic (exact) mass is 388 g/mol. The van der Waals surface area contributed by atoms with E-state index in [2.05, 4.69) is 15.4 Å². The van der Waals surface area contributed by atoms with E-state index in [0.29, 0.717) is 16.5 Å². The van der Waals surface area contributed by atoms with Crippen LogP contribution in [-0.2, 0) is 0 Å². The molecule has 0 fully saturated rings. The van der Waals surface area contributed by atoms with Gasteiger partial charge in [-0.15, -0.1) is 5.10 Å². The largest absolute Gasteiger partial charge is 0.319 e. The number of halogens is 1. The number of carbonyl (C=O) groups excluding carboxylic acids is 1. The number of rotatable bonds is 4. The van der Waals surface area contributed by atoms with Gasteiger partial charge in [-0.05, 0) is 30.7 Å². The van der Waals surface area contributed by atoms with Gasteiger partial charge in [0.25, 0.3) is 5.91 Å². The van der Waals surface area contributed by atoms with Gasteiger partial charge in [0.2, 0.25) is 5.82 Å². The van der Waals surface area contributed by atoms with Gasteiger partial charge in [0.05, 0.1) is 10.7 Å². The minimum atomic E-state index is -0.378. The third-order valence-electron chi connectivity index (χ3n) is 4.32. The molecule has 138 valence electrons. The summed E-state index contributed by atoms with van der Waals surface area (Å²) in [5.41, 5.74) is 3.18. The molecule has 4 rings (SSSR count). The van der Waals surface area contributed by atoms with Crippen LogP contribution in [0.1, 0.15) is 16.2 Å². The maximum atomic E-state index is 12.8. The van der Waals surface area contributed by atoms with E-state index in [-0.39, 0.29) is 11.7 Å². The molecule has 0 radical (unpaired) electrons. The summed E-state index contributed by atoms with van der Waals surface area (Å²) in [7, 11) is 0. The number of hydrogen-bond acceptors (Lipinski definition) is 3. The molecule has 6 heteroatoms. The number of amides is 1. The second-order valence-corrected chi connectivity index (χ2v) is 6.66. The molecule has 0 aliphatic carbocycles. The zero-order valence-corrected chi connectivity index (χ0v) is 15.9. The molecule has 3 aromatic carbocycles. The maximum Gasteiger partial charge on any atom is 0.295 e. The van der Waals surface area contributed by atoms with Crippen LogP contribution < -0.4 is 5.32 Å². The smallest absolute Gasteiger partial charge is 0.295 e. The van der Waals surface area contributed by atoms with Crippen molar-refractivity contribution in [3.05, 3.63) is 95.3 Å². The van der Waals surface area contributed by atoms with E-state index in [1.54, 1.807) is 10.7 Å². The lowest BCUT2D eigenvalue weighted by Gasteiger charge is -2.07. The topological polar surface area (TPSA) is 59.8 Å². The number of aromatic nitrogens is 3. The molecule has 0 atom stereocenters. The molecule has 0 aliphatic rings. The third-order valence-corrected chi connectivity index (χ3v) is 4.64. The molecule has 0 saturated carbocycles. The Bertz CT molecular complexity index is 1140. The zero-order chi connectivity index (χ0) is 19.5. The fourth-order valence-electron chi connectivity index (χ4n) is 2.87. The van der Waals surface area contributed by atoms with Gasteiger partial charge in [0.1, 0.15) is 0 Å². The quantitative estimate of drug-likeness (QED) is 0.526. The Balaban J connectivity index is 1.79. The van der Waals surface area contributed by atoms with Crippen molar-refractivity contribution in [2.45, 2.75) is 6.92 Å². The number of hydrogen-bond donors (Lipinski definition) is 1. The van der Waals surface area contributed by atoms with E-state index in [1.807, 2.05) is 79.7 Å². The molecule has 1 heterocycles. The first-order chi connectivity index (χ1) is 13.6. The Morgan fingerprint density at radius 2 is 1.61 bits per heavy atom. The molecule has 28 heavy (non-hydrogen) atoms. The second kappa shape index (κ2) is 7.66. The van der Waals surface area contributed by atoms with E-state index >= 15 is 0 Å². The number of benzene rings is 3. The predicted molar refractivity (Wildman–Crippen MR) is 111 cm³/mol. The number of nitrogens with zero attached hydrogens (tertiary/aromatic N) is 3. The molecule has 0 spiro atoms. The molecule has 0 bridgehead atoms. The highest BCUT2D eigenvalue weighted by atomic mass is 35.5. The van der Waals surface area contributed by atoms with E-state index in [0.717, 1.165) is 16.8 Å². The van der Waals surface area contributed by atoms with E-state index < -0.39 is 0 Å². The molecular formula is C22H17ClN4O. The van der Waals surface area contributed by atoms with Crippen molar-refractivity contribution in [3.63, 3.8) is 0 Å². The second-order valence-electron chi connectivity index (χ2n) is 6.26. The minimum absolute atomic E-state index is 0.0713. The first kappa shape index (κ1) is 17.9. The SMILES string of the molecule is Cc1ccccc1NC(=O)c1nc(-c2ccccc2)n(-c2ccccc2Cl)n1. The molecule has 1 N–H and O–H groups in total. The summed E-state index contributed by atoms with van der Waals surface area (Å²) in [6.45, 7) is 1.93. The van der Waals surface area contributed by atoms with Crippen LogP contribution in [0.15, 0.2) is 78.9 Å². The third kappa shape index (κ3) is 3.52. The Kier molecular flexibility index (Phi) is 4.91. The summed E-state index contributed by atoms with van der Waals surface area (Å²) in [4.78, 5) is 17.3. The first-order valence-electron chi connectivity index (χ1n) is 8.78. The van der Waals surface area contributed by atoms with Crippen molar-refractivity contribution in [2.24, 2.45) is 0 Å². The molecular weight excluding hydrogens is 372 g/mol. The average molecular weight is 389 g/mol. The molecule has 4 aromatic rings. The van der Waals surface area contributed by atoms with Crippen molar-refractivity contribution in [2.75, 3.05) is 5.32 Å². The van der Waals surface area contributed by atoms with Crippen LogP contribution in [0.4, 0.5) is 5.69 Å². The standard InChI is InChI=1S/C22H17ClN4O/c1-15-9-5-7-13-18(15)24-22(28)20-25-21(16-10-3-2-4-11-16)27(26-20)19-14-8-6-12-17(19)23/h2-14H,1H3,(H,24,28). The molecule has 5 nitrogen and oxygen atoms in total. The summed E-state index contributed by atoms with van der Waals surface area (Å²) in [6, 6.07) is 24.5. The van der Waals surface area contributed by atoms with E-state index in [9.17, 15) is 4.79 Å². The Hall–Kier alpha value is -3.44. The highest BCUT2D eigenvalue weighted by molar-refractivity contribution is 6.32. The van der Waals surface area contributed by atoms with Gasteiger partial charge in [0, 0.05) is 11.3 Å². The zero-order valence-electron chi connectivity index (χ0n) is 15.1. The van der Waals surface area contributed by atoms with Crippen LogP contribution in [0.5, 0.6) is 0 Å². The molecule has 0 aliphatic heterocycles. The van der Waals surface area contributed by atoms with Crippen molar-refractivity contribution in [1.29, 1.82) is 0 Å². The molecule has 1 amide bonds. The number of nitrogens with one attached hydrogen (secondary N) is 1. The Morgan fingerprint density at radius 3 is 2.36 bits per heavy atom. The highest BCUT2D eigenvalue weighted by Gasteiger charge is 2.20. The fourth-order valence-corrected chi connectivity index (χ4v) is 3.08. The maximum absolute atomic E-state index is 12.8. The van der Waals surface area contributed by atoms with E-state index in [4.69, 9.17) is 11.6 Å². The average Bonchev–Trinajstić information content (AvgIpc) is 3.16. The normalized spacial score (nSPS) is 10.6. The number of carbonyl (C=O) groups is 1. The fraction of sp³-hybridized carbons (Fsp3) is 0.0455. The van der Waals surface area contributed by atoms with Crippen molar-refractivity contribution in [3.8, 4) is 17.1 Å². The molecule has 0 saturated heterocycles. The van der Waals surface area contributed by atoms with Crippen molar-refractivity contribution >= 4 is 23.2 Å². The van der Waals surface area contributed by atoms with Gasteiger partial charge < -0.3 is 5.32 Å².